The smallest absolute Gasteiger partial charge is 0.316 e. The Bertz CT molecular complexity index is 1520. The highest BCUT2D eigenvalue weighted by Gasteiger charge is 2.16. The highest BCUT2D eigenvalue weighted by molar-refractivity contribution is 5.89. The third-order valence-electron chi connectivity index (χ3n) is 5.86. The van der Waals surface area contributed by atoms with E-state index in [0.29, 0.717) is 23.7 Å². The molecule has 170 valence electrons. The van der Waals surface area contributed by atoms with Gasteiger partial charge in [-0.3, -0.25) is 4.40 Å². The number of hydrogen-bond donors (Lipinski definition) is 3. The zero-order valence-electron chi connectivity index (χ0n) is 18.8. The highest BCUT2D eigenvalue weighted by Crippen LogP contribution is 2.30. The number of aryl methyl sites for hydroxylation is 2. The van der Waals surface area contributed by atoms with Crippen molar-refractivity contribution in [3.8, 4) is 11.3 Å². The van der Waals surface area contributed by atoms with E-state index in [0.717, 1.165) is 39.0 Å². The number of nitrogens with two attached hydrogens (primary N) is 1. The van der Waals surface area contributed by atoms with E-state index in [4.69, 9.17) is 10.7 Å². The summed E-state index contributed by atoms with van der Waals surface area (Å²) < 4.78 is 15.4. The van der Waals surface area contributed by atoms with Crippen LogP contribution in [0.25, 0.3) is 27.9 Å². The zero-order valence-corrected chi connectivity index (χ0v) is 18.8. The Morgan fingerprint density at radius 1 is 1.03 bits per heavy atom. The van der Waals surface area contributed by atoms with E-state index in [1.165, 1.54) is 12.1 Å². The van der Waals surface area contributed by atoms with E-state index < -0.39 is 6.03 Å². The van der Waals surface area contributed by atoms with E-state index in [2.05, 4.69) is 46.0 Å². The number of anilines is 2. The highest BCUT2D eigenvalue weighted by atomic mass is 19.1. The quantitative estimate of drug-likeness (QED) is 0.331. The van der Waals surface area contributed by atoms with Crippen molar-refractivity contribution in [2.75, 3.05) is 10.6 Å². The lowest BCUT2D eigenvalue weighted by Gasteiger charge is -2.13. The fourth-order valence-corrected chi connectivity index (χ4v) is 3.96. The molecule has 5 aromatic rings. The van der Waals surface area contributed by atoms with Gasteiger partial charge < -0.3 is 16.4 Å². The van der Waals surface area contributed by atoms with Crippen molar-refractivity contribution in [2.24, 2.45) is 5.73 Å². The van der Waals surface area contributed by atoms with Crippen molar-refractivity contribution in [2.45, 2.75) is 20.4 Å². The molecule has 2 amide bonds. The van der Waals surface area contributed by atoms with Crippen LogP contribution in [0.5, 0.6) is 0 Å². The molecule has 0 saturated carbocycles. The van der Waals surface area contributed by atoms with Crippen molar-refractivity contribution in [1.82, 2.24) is 14.4 Å². The molecule has 0 bridgehead atoms. The number of carbonyl (C=O) groups excluding carboxylic acids is 1. The first-order chi connectivity index (χ1) is 16.4. The lowest BCUT2D eigenvalue weighted by atomic mass is 10.1. The zero-order chi connectivity index (χ0) is 23.8. The molecule has 7 nitrogen and oxygen atoms in total. The number of amides is 2. The number of hydrogen-bond acceptors (Lipinski definition) is 4. The van der Waals surface area contributed by atoms with Gasteiger partial charge in [-0.15, -0.1) is 0 Å². The first-order valence-electron chi connectivity index (χ1n) is 10.8. The summed E-state index contributed by atoms with van der Waals surface area (Å²) in [5, 5.41) is 5.94. The van der Waals surface area contributed by atoms with Crippen LogP contribution in [-0.4, -0.2) is 20.4 Å². The Labute approximate surface area is 195 Å². The molecule has 2 heterocycles. The molecule has 3 aromatic carbocycles. The summed E-state index contributed by atoms with van der Waals surface area (Å²) >= 11 is 0. The number of benzene rings is 3. The number of primary amides is 1. The predicted octanol–water partition coefficient (Wildman–Crippen LogP) is 5.41. The van der Waals surface area contributed by atoms with Crippen LogP contribution in [0.15, 0.2) is 66.9 Å². The Morgan fingerprint density at radius 3 is 2.44 bits per heavy atom. The van der Waals surface area contributed by atoms with Crippen molar-refractivity contribution in [3.63, 3.8) is 0 Å². The van der Waals surface area contributed by atoms with Crippen LogP contribution >= 0.6 is 0 Å². The molecule has 0 saturated heterocycles. The van der Waals surface area contributed by atoms with Crippen LogP contribution in [-0.2, 0) is 6.54 Å². The lowest BCUT2D eigenvalue weighted by Crippen LogP contribution is -2.19. The molecule has 0 radical (unpaired) electrons. The second kappa shape index (κ2) is 8.47. The number of aromatic nitrogens is 3. The van der Waals surface area contributed by atoms with Crippen molar-refractivity contribution >= 4 is 34.2 Å². The van der Waals surface area contributed by atoms with E-state index in [-0.39, 0.29) is 5.82 Å². The van der Waals surface area contributed by atoms with Crippen LogP contribution in [0.2, 0.25) is 0 Å². The molecule has 0 unspecified atom stereocenters. The van der Waals surface area contributed by atoms with Crippen molar-refractivity contribution in [3.05, 3.63) is 89.4 Å². The van der Waals surface area contributed by atoms with Gasteiger partial charge in [0, 0.05) is 17.8 Å². The Hall–Kier alpha value is -4.46. The molecule has 5 rings (SSSR count). The normalized spacial score (nSPS) is 11.1. The van der Waals surface area contributed by atoms with Crippen LogP contribution in [0, 0.1) is 19.7 Å². The van der Waals surface area contributed by atoms with Gasteiger partial charge in [0.2, 0.25) is 0 Å². The molecule has 0 spiro atoms. The molecule has 0 fully saturated rings. The van der Waals surface area contributed by atoms with Gasteiger partial charge in [-0.25, -0.2) is 19.2 Å². The monoisotopic (exact) mass is 454 g/mol. The van der Waals surface area contributed by atoms with E-state index in [1.54, 1.807) is 24.3 Å². The van der Waals surface area contributed by atoms with E-state index in [9.17, 15) is 9.18 Å². The van der Waals surface area contributed by atoms with Gasteiger partial charge >= 0.3 is 6.03 Å². The summed E-state index contributed by atoms with van der Waals surface area (Å²) in [6.45, 7) is 4.61. The molecule has 8 heteroatoms. The number of nitrogens with one attached hydrogen (secondary N) is 2. The summed E-state index contributed by atoms with van der Waals surface area (Å²) in [6, 6.07) is 17.4. The van der Waals surface area contributed by atoms with Crippen molar-refractivity contribution < 1.29 is 9.18 Å². The standard InChI is InChI=1S/C26H23FN6O/c1-15-11-21-22(12-16(15)2)33-23(18-5-9-20(10-6-18)31-26(28)34)14-30-25(33)24(32-21)29-13-17-3-7-19(27)8-4-17/h3-12,14H,13H2,1-2H3,(H,29,32)(H3,28,31,34). The number of halogens is 1. The summed E-state index contributed by atoms with van der Waals surface area (Å²) in [5.74, 6) is 0.370. The minimum atomic E-state index is -0.609. The summed E-state index contributed by atoms with van der Waals surface area (Å²) in [7, 11) is 0. The minimum absolute atomic E-state index is 0.268. The van der Waals surface area contributed by atoms with Crippen LogP contribution in [0.4, 0.5) is 20.7 Å². The largest absolute Gasteiger partial charge is 0.363 e. The topological polar surface area (TPSA) is 97.3 Å². The summed E-state index contributed by atoms with van der Waals surface area (Å²) in [4.78, 5) is 20.7. The molecule has 0 aliphatic rings. The van der Waals surface area contributed by atoms with E-state index >= 15 is 0 Å². The fourth-order valence-electron chi connectivity index (χ4n) is 3.96. The van der Waals surface area contributed by atoms with Gasteiger partial charge in [0.15, 0.2) is 11.5 Å². The van der Waals surface area contributed by atoms with Crippen LogP contribution < -0.4 is 16.4 Å². The van der Waals surface area contributed by atoms with Gasteiger partial charge in [-0.05, 0) is 66.9 Å². The minimum Gasteiger partial charge on any atom is -0.363 e. The van der Waals surface area contributed by atoms with Crippen LogP contribution in [0.3, 0.4) is 0 Å². The van der Waals surface area contributed by atoms with Gasteiger partial charge in [0.1, 0.15) is 5.82 Å². The van der Waals surface area contributed by atoms with Gasteiger partial charge in [-0.2, -0.15) is 0 Å². The average molecular weight is 455 g/mol. The number of carbonyl (C=O) groups is 1. The number of rotatable bonds is 5. The SMILES string of the molecule is Cc1cc2nc(NCc3ccc(F)cc3)c3ncc(-c4ccc(NC(N)=O)cc4)n3c2cc1C. The molecule has 34 heavy (non-hydrogen) atoms. The average Bonchev–Trinajstić information content (AvgIpc) is 3.25. The number of urea groups is 1. The molecule has 0 atom stereocenters. The first-order valence-corrected chi connectivity index (χ1v) is 10.8. The van der Waals surface area contributed by atoms with Gasteiger partial charge in [0.25, 0.3) is 0 Å². The predicted molar refractivity (Wildman–Crippen MR) is 132 cm³/mol. The number of nitrogens with zero attached hydrogens (tertiary/aromatic N) is 3. The lowest BCUT2D eigenvalue weighted by molar-refractivity contribution is 0.259. The second-order valence-corrected chi connectivity index (χ2v) is 8.23. The summed E-state index contributed by atoms with van der Waals surface area (Å²) in [6.07, 6.45) is 1.81. The number of imidazole rings is 1. The maximum atomic E-state index is 13.3. The van der Waals surface area contributed by atoms with Gasteiger partial charge in [-0.1, -0.05) is 24.3 Å². The Morgan fingerprint density at radius 2 is 1.74 bits per heavy atom. The maximum absolute atomic E-state index is 13.3. The van der Waals surface area contributed by atoms with E-state index in [1.807, 2.05) is 18.3 Å². The Balaban J connectivity index is 1.63. The fraction of sp³-hybridized carbons (Fsp3) is 0.115. The van der Waals surface area contributed by atoms with Crippen LogP contribution in [0.1, 0.15) is 16.7 Å². The molecule has 0 aliphatic heterocycles. The van der Waals surface area contributed by atoms with Crippen molar-refractivity contribution in [1.29, 1.82) is 0 Å². The molecular weight excluding hydrogens is 431 g/mol. The number of fused-ring (bicyclic) bond motifs is 3. The third kappa shape index (κ3) is 4.01. The van der Waals surface area contributed by atoms with Gasteiger partial charge in [0.05, 0.1) is 22.9 Å². The summed E-state index contributed by atoms with van der Waals surface area (Å²) in [5.41, 5.74) is 13.4. The molecular formula is C26H23FN6O. The maximum Gasteiger partial charge on any atom is 0.316 e. The molecule has 2 aromatic heterocycles. The molecule has 0 aliphatic carbocycles. The first kappa shape index (κ1) is 21.4. The second-order valence-electron chi connectivity index (χ2n) is 8.23. The molecule has 4 N–H and O–H groups in total. The Kier molecular flexibility index (Phi) is 5.33. The third-order valence-corrected chi connectivity index (χ3v) is 5.86.